The summed E-state index contributed by atoms with van der Waals surface area (Å²) >= 11 is 13.1. The smallest absolute Gasteiger partial charge is 0.141 e. The van der Waals surface area contributed by atoms with Gasteiger partial charge in [-0.2, -0.15) is 0 Å². The molecule has 0 atom stereocenters. The van der Waals surface area contributed by atoms with Crippen molar-refractivity contribution in [2.45, 2.75) is 10.6 Å². The van der Waals surface area contributed by atoms with E-state index >= 15 is 0 Å². The van der Waals surface area contributed by atoms with Gasteiger partial charge in [-0.1, -0.05) is 29.3 Å². The maximum absolute atomic E-state index is 13.0. The highest BCUT2D eigenvalue weighted by Gasteiger charge is 2.05. The lowest BCUT2D eigenvalue weighted by atomic mass is 10.2. The molecule has 0 aromatic heterocycles. The molecule has 0 bridgehead atoms. The fourth-order valence-corrected chi connectivity index (χ4v) is 2.86. The molecule has 2 aromatic carbocycles. The highest BCUT2D eigenvalue weighted by Crippen LogP contribution is 2.29. The molecule has 5 heteroatoms. The minimum absolute atomic E-state index is 0.0882. The lowest BCUT2D eigenvalue weighted by molar-refractivity contribution is 0.626. The molecule has 0 aliphatic carbocycles. The average molecular weight is 305 g/mol. The van der Waals surface area contributed by atoms with Crippen LogP contribution in [0.25, 0.3) is 0 Å². The Balaban J connectivity index is 2.09. The van der Waals surface area contributed by atoms with Crippen LogP contribution in [0.4, 0.5) is 8.78 Å². The van der Waals surface area contributed by atoms with Gasteiger partial charge in [-0.05, 0) is 35.9 Å². The second-order valence-electron chi connectivity index (χ2n) is 3.60. The first-order chi connectivity index (χ1) is 8.56. The summed E-state index contributed by atoms with van der Waals surface area (Å²) in [4.78, 5) is 0.835. The minimum atomic E-state index is -0.444. The molecule has 0 amide bonds. The van der Waals surface area contributed by atoms with Gasteiger partial charge in [-0.15, -0.1) is 11.8 Å². The zero-order chi connectivity index (χ0) is 13.1. The third kappa shape index (κ3) is 3.37. The van der Waals surface area contributed by atoms with Gasteiger partial charge in [-0.3, -0.25) is 0 Å². The van der Waals surface area contributed by atoms with E-state index < -0.39 is 5.82 Å². The summed E-state index contributed by atoms with van der Waals surface area (Å²) in [6.45, 7) is 0. The summed E-state index contributed by atoms with van der Waals surface area (Å²) in [5.74, 6) is -0.236. The minimum Gasteiger partial charge on any atom is -0.207 e. The second kappa shape index (κ2) is 5.91. The lowest BCUT2D eigenvalue weighted by Gasteiger charge is -2.05. The Hall–Kier alpha value is -0.770. The summed E-state index contributed by atoms with van der Waals surface area (Å²) in [7, 11) is 0. The average Bonchev–Trinajstić information content (AvgIpc) is 2.32. The van der Waals surface area contributed by atoms with Gasteiger partial charge < -0.3 is 0 Å². The van der Waals surface area contributed by atoms with Crippen LogP contribution in [-0.2, 0) is 5.75 Å². The van der Waals surface area contributed by atoms with Crippen molar-refractivity contribution in [3.8, 4) is 0 Å². The molecule has 0 fully saturated rings. The standard InChI is InChI=1S/C13H8Cl2F2S/c14-11-5-9(16)2-1-8(11)7-18-10-3-4-13(17)12(15)6-10/h1-6H,7H2. The first-order valence-corrected chi connectivity index (χ1v) is 6.82. The van der Waals surface area contributed by atoms with Crippen molar-refractivity contribution in [1.82, 2.24) is 0 Å². The van der Waals surface area contributed by atoms with Crippen LogP contribution in [0.15, 0.2) is 41.3 Å². The Morgan fingerprint density at radius 3 is 2.39 bits per heavy atom. The largest absolute Gasteiger partial charge is 0.207 e. The fraction of sp³-hybridized carbons (Fsp3) is 0.0769. The number of thioether (sulfide) groups is 1. The molecule has 0 spiro atoms. The predicted octanol–water partition coefficient (Wildman–Crippen LogP) is 5.56. The van der Waals surface area contributed by atoms with Crippen LogP contribution >= 0.6 is 35.0 Å². The molecule has 0 heterocycles. The number of rotatable bonds is 3. The maximum atomic E-state index is 13.0. The van der Waals surface area contributed by atoms with E-state index in [2.05, 4.69) is 0 Å². The molecule has 0 aliphatic rings. The van der Waals surface area contributed by atoms with Crippen LogP contribution in [0.3, 0.4) is 0 Å². The highest BCUT2D eigenvalue weighted by molar-refractivity contribution is 7.98. The molecule has 18 heavy (non-hydrogen) atoms. The highest BCUT2D eigenvalue weighted by atomic mass is 35.5. The lowest BCUT2D eigenvalue weighted by Crippen LogP contribution is -1.85. The van der Waals surface area contributed by atoms with Crippen molar-refractivity contribution >= 4 is 35.0 Å². The van der Waals surface area contributed by atoms with Crippen molar-refractivity contribution in [3.63, 3.8) is 0 Å². The number of hydrogen-bond acceptors (Lipinski definition) is 1. The van der Waals surface area contributed by atoms with Crippen LogP contribution in [0.1, 0.15) is 5.56 Å². The van der Waals surface area contributed by atoms with Gasteiger partial charge in [0.1, 0.15) is 11.6 Å². The third-order valence-electron chi connectivity index (χ3n) is 2.30. The quantitative estimate of drug-likeness (QED) is 0.669. The van der Waals surface area contributed by atoms with Gasteiger partial charge in [0.25, 0.3) is 0 Å². The van der Waals surface area contributed by atoms with Gasteiger partial charge >= 0.3 is 0 Å². The van der Waals surface area contributed by atoms with Crippen molar-refractivity contribution in [3.05, 3.63) is 63.6 Å². The van der Waals surface area contributed by atoms with Crippen LogP contribution in [0, 0.1) is 11.6 Å². The second-order valence-corrected chi connectivity index (χ2v) is 5.46. The molecule has 0 aliphatic heterocycles. The van der Waals surface area contributed by atoms with Crippen LogP contribution in [0.2, 0.25) is 10.0 Å². The van der Waals surface area contributed by atoms with E-state index in [1.165, 1.54) is 30.0 Å². The van der Waals surface area contributed by atoms with E-state index in [0.29, 0.717) is 10.8 Å². The Kier molecular flexibility index (Phi) is 4.49. The first kappa shape index (κ1) is 13.7. The van der Waals surface area contributed by atoms with E-state index in [4.69, 9.17) is 23.2 Å². The van der Waals surface area contributed by atoms with Crippen LogP contribution in [0.5, 0.6) is 0 Å². The molecule has 2 aromatic rings. The van der Waals surface area contributed by atoms with Crippen molar-refractivity contribution in [2.24, 2.45) is 0 Å². The summed E-state index contributed by atoms with van der Waals surface area (Å²) in [5, 5.41) is 0.473. The zero-order valence-electron chi connectivity index (χ0n) is 9.09. The molecular formula is C13H8Cl2F2S. The maximum Gasteiger partial charge on any atom is 0.141 e. The van der Waals surface area contributed by atoms with E-state index in [9.17, 15) is 8.78 Å². The first-order valence-electron chi connectivity index (χ1n) is 5.08. The van der Waals surface area contributed by atoms with Crippen molar-refractivity contribution in [1.29, 1.82) is 0 Å². The molecule has 2 rings (SSSR count). The summed E-state index contributed by atoms with van der Waals surface area (Å²) < 4.78 is 25.8. The topological polar surface area (TPSA) is 0 Å². The molecule has 0 nitrogen and oxygen atoms in total. The predicted molar refractivity (Wildman–Crippen MR) is 72.4 cm³/mol. The summed E-state index contributed by atoms with van der Waals surface area (Å²) in [5.41, 5.74) is 0.823. The molecule has 0 saturated heterocycles. The van der Waals surface area contributed by atoms with Crippen molar-refractivity contribution < 1.29 is 8.78 Å². The Morgan fingerprint density at radius 1 is 0.944 bits per heavy atom. The van der Waals surface area contributed by atoms with Gasteiger partial charge in [0.05, 0.1) is 5.02 Å². The summed E-state index contributed by atoms with van der Waals surface area (Å²) in [6, 6.07) is 8.78. The van der Waals surface area contributed by atoms with Crippen molar-refractivity contribution in [2.75, 3.05) is 0 Å². The Labute approximate surface area is 118 Å². The fourth-order valence-electron chi connectivity index (χ4n) is 1.37. The third-order valence-corrected chi connectivity index (χ3v) is 3.98. The molecule has 0 N–H and O–H groups in total. The van der Waals surface area contributed by atoms with E-state index in [1.54, 1.807) is 18.2 Å². The van der Waals surface area contributed by atoms with Crippen LogP contribution < -0.4 is 0 Å². The van der Waals surface area contributed by atoms with Gasteiger partial charge in [0, 0.05) is 15.7 Å². The molecule has 0 radical (unpaired) electrons. The molecule has 0 unspecified atom stereocenters. The number of hydrogen-bond donors (Lipinski definition) is 0. The molecule has 94 valence electrons. The number of halogens is 4. The summed E-state index contributed by atoms with van der Waals surface area (Å²) in [6.07, 6.45) is 0. The molecular weight excluding hydrogens is 297 g/mol. The SMILES string of the molecule is Fc1ccc(CSc2ccc(F)c(Cl)c2)c(Cl)c1. The Bertz CT molecular complexity index is 573. The number of benzene rings is 2. The monoisotopic (exact) mass is 304 g/mol. The van der Waals surface area contributed by atoms with E-state index in [1.807, 2.05) is 0 Å². The van der Waals surface area contributed by atoms with Crippen LogP contribution in [-0.4, -0.2) is 0 Å². The van der Waals surface area contributed by atoms with Gasteiger partial charge in [0.15, 0.2) is 0 Å². The van der Waals surface area contributed by atoms with E-state index in [0.717, 1.165) is 10.5 Å². The van der Waals surface area contributed by atoms with Gasteiger partial charge in [0.2, 0.25) is 0 Å². The van der Waals surface area contributed by atoms with E-state index in [-0.39, 0.29) is 10.8 Å². The molecule has 0 saturated carbocycles. The Morgan fingerprint density at radius 2 is 1.72 bits per heavy atom. The van der Waals surface area contributed by atoms with Gasteiger partial charge in [-0.25, -0.2) is 8.78 Å². The zero-order valence-corrected chi connectivity index (χ0v) is 11.4. The normalized spacial score (nSPS) is 10.7.